The van der Waals surface area contributed by atoms with Gasteiger partial charge in [0.15, 0.2) is 32.8 Å². The lowest BCUT2D eigenvalue weighted by atomic mass is 9.94. The normalized spacial score (nSPS) is 25.1. The molecule has 3 aliphatic heterocycles. The van der Waals surface area contributed by atoms with Gasteiger partial charge < -0.3 is 27.8 Å². The van der Waals surface area contributed by atoms with E-state index in [0.29, 0.717) is 37.6 Å². The van der Waals surface area contributed by atoms with E-state index in [1.165, 1.54) is 0 Å². The van der Waals surface area contributed by atoms with Crippen molar-refractivity contribution >= 4 is 38.1 Å². The molecule has 0 spiro atoms. The van der Waals surface area contributed by atoms with Gasteiger partial charge in [-0.3, -0.25) is 0 Å². The van der Waals surface area contributed by atoms with Crippen LogP contribution in [0.25, 0.3) is 0 Å². The molecule has 0 saturated carbocycles. The van der Waals surface area contributed by atoms with Crippen LogP contribution in [0.2, 0.25) is 36.3 Å². The van der Waals surface area contributed by atoms with Crippen LogP contribution in [0.15, 0.2) is 53.5 Å². The second-order valence-corrected chi connectivity index (χ2v) is 32.8. The van der Waals surface area contributed by atoms with E-state index in [9.17, 15) is 8.42 Å². The van der Waals surface area contributed by atoms with E-state index in [4.69, 9.17) is 39.4 Å². The van der Waals surface area contributed by atoms with Crippen LogP contribution in [0.3, 0.4) is 0 Å². The molecular weight excluding hydrogens is 804 g/mol. The number of alkyl halides is 1. The molecule has 8 nitrogen and oxygen atoms in total. The molecule has 3 heterocycles. The predicted molar refractivity (Wildman–Crippen MR) is 244 cm³/mol. The molecule has 4 rings (SSSR count). The van der Waals surface area contributed by atoms with Crippen molar-refractivity contribution in [2.45, 2.75) is 202 Å². The molecular formula is C46H79ClO8SSi2. The number of hydrogen-bond acceptors (Lipinski definition) is 8. The Morgan fingerprint density at radius 1 is 0.879 bits per heavy atom. The maximum atomic E-state index is 13.8. The van der Waals surface area contributed by atoms with Crippen molar-refractivity contribution in [2.75, 3.05) is 25.6 Å². The summed E-state index contributed by atoms with van der Waals surface area (Å²) in [6.45, 7) is 35.3. The summed E-state index contributed by atoms with van der Waals surface area (Å²) < 4.78 is 65.9. The molecule has 0 aromatic heterocycles. The standard InChI is InChI=1S/C46H79ClO8SSi2/c1-33(14-18-37(47)19-24-42-35(3)28-38(53-42)20-25-44-50-26-27-51-44)17-23-43-36(32-56(48,49)41-21-15-34(2)16-22-41)29-39(54-43)30-40(55-58(12,13)46(7,8)9)31-52-57(10,11)45(4,5)6/h15-16,21-22,36-40,42-44H,1,3,14,17-20,23-32H2,2,4-13H3/t36-,37+,38-,39-,40-,42-,43-/m0/s1. The zero-order valence-corrected chi connectivity index (χ0v) is 41.6. The molecule has 1 aromatic rings. The van der Waals surface area contributed by atoms with Gasteiger partial charge in [0.05, 0.1) is 61.0 Å². The number of benzene rings is 1. The first-order chi connectivity index (χ1) is 26.8. The van der Waals surface area contributed by atoms with Crippen molar-refractivity contribution in [1.82, 2.24) is 0 Å². The molecule has 1 aromatic carbocycles. The first kappa shape index (κ1) is 49.8. The summed E-state index contributed by atoms with van der Waals surface area (Å²) in [7, 11) is -7.69. The molecule has 0 N–H and O–H groups in total. The number of rotatable bonds is 22. The van der Waals surface area contributed by atoms with E-state index in [2.05, 4.69) is 80.9 Å². The highest BCUT2D eigenvalue weighted by Crippen LogP contribution is 2.42. The van der Waals surface area contributed by atoms with Crippen LogP contribution in [-0.2, 0) is 37.6 Å². The largest absolute Gasteiger partial charge is 0.414 e. The number of aryl methyl sites for hydroxylation is 1. The van der Waals surface area contributed by atoms with Crippen LogP contribution in [0.4, 0.5) is 0 Å². The van der Waals surface area contributed by atoms with E-state index in [1.54, 1.807) is 12.1 Å². The van der Waals surface area contributed by atoms with Gasteiger partial charge in [0.25, 0.3) is 0 Å². The monoisotopic (exact) mass is 882 g/mol. The molecule has 0 bridgehead atoms. The fourth-order valence-electron chi connectivity index (χ4n) is 7.66. The molecule has 0 unspecified atom stereocenters. The average molecular weight is 884 g/mol. The van der Waals surface area contributed by atoms with Crippen LogP contribution in [-0.4, -0.2) is 92.8 Å². The minimum Gasteiger partial charge on any atom is -0.414 e. The average Bonchev–Trinajstić information content (AvgIpc) is 3.86. The van der Waals surface area contributed by atoms with E-state index >= 15 is 0 Å². The summed E-state index contributed by atoms with van der Waals surface area (Å²) in [5.74, 6) is -0.0830. The van der Waals surface area contributed by atoms with E-state index in [-0.39, 0.29) is 63.9 Å². The third kappa shape index (κ3) is 14.9. The summed E-state index contributed by atoms with van der Waals surface area (Å²) in [5.41, 5.74) is 3.31. The van der Waals surface area contributed by atoms with Crippen molar-refractivity contribution < 1.29 is 36.2 Å². The molecule has 3 saturated heterocycles. The highest BCUT2D eigenvalue weighted by atomic mass is 35.5. The van der Waals surface area contributed by atoms with E-state index in [1.807, 2.05) is 19.1 Å². The summed E-state index contributed by atoms with van der Waals surface area (Å²) in [6.07, 6.45) is 8.47. The van der Waals surface area contributed by atoms with Gasteiger partial charge in [0.2, 0.25) is 0 Å². The molecule has 0 aliphatic carbocycles. The Morgan fingerprint density at radius 2 is 1.52 bits per heavy atom. The van der Waals surface area contributed by atoms with Crippen molar-refractivity contribution in [2.24, 2.45) is 5.92 Å². The Hall–Kier alpha value is -0.866. The van der Waals surface area contributed by atoms with E-state index < -0.39 is 26.5 Å². The summed E-state index contributed by atoms with van der Waals surface area (Å²) in [4.78, 5) is 0.371. The van der Waals surface area contributed by atoms with Gasteiger partial charge >= 0.3 is 0 Å². The Labute approximate surface area is 360 Å². The van der Waals surface area contributed by atoms with Crippen molar-refractivity contribution in [1.29, 1.82) is 0 Å². The molecule has 12 heteroatoms. The zero-order valence-electron chi connectivity index (χ0n) is 38.0. The zero-order chi connectivity index (χ0) is 43.1. The lowest BCUT2D eigenvalue weighted by molar-refractivity contribution is -0.0585. The summed E-state index contributed by atoms with van der Waals surface area (Å²) in [6, 6.07) is 7.20. The number of halogens is 1. The summed E-state index contributed by atoms with van der Waals surface area (Å²) in [5, 5.41) is 0.129. The Kier molecular flexibility index (Phi) is 18.0. The fourth-order valence-corrected chi connectivity index (χ4v) is 11.9. The van der Waals surface area contributed by atoms with Gasteiger partial charge in [-0.2, -0.15) is 0 Å². The van der Waals surface area contributed by atoms with Crippen LogP contribution in [0, 0.1) is 12.8 Å². The van der Waals surface area contributed by atoms with Gasteiger partial charge in [-0.15, -0.1) is 11.6 Å². The predicted octanol–water partition coefficient (Wildman–Crippen LogP) is 11.7. The molecule has 3 aliphatic rings. The second kappa shape index (κ2) is 21.0. The van der Waals surface area contributed by atoms with Gasteiger partial charge in [0.1, 0.15) is 0 Å². The first-order valence-electron chi connectivity index (χ1n) is 22.0. The third-order valence-electron chi connectivity index (χ3n) is 13.6. The Balaban J connectivity index is 1.35. The van der Waals surface area contributed by atoms with E-state index in [0.717, 1.165) is 74.5 Å². The highest BCUT2D eigenvalue weighted by Gasteiger charge is 2.44. The first-order valence-corrected chi connectivity index (χ1v) is 29.9. The van der Waals surface area contributed by atoms with Crippen molar-refractivity contribution in [3.63, 3.8) is 0 Å². The molecule has 0 amide bonds. The molecule has 0 radical (unpaired) electrons. The molecule has 3 fully saturated rings. The minimum atomic E-state index is -3.52. The SMILES string of the molecule is C=C(CC[C@@H](Cl)CC[C@@H]1O[C@@H](CCC2OCCO2)CC1=C)CC[C@@H]1O[C@H](C[C@@H](CO[Si](C)(C)C(C)(C)C)O[Si](C)(C)C(C)(C)C)C[C@H]1CS(=O)(=O)c1ccc(C)cc1. The van der Waals surface area contributed by atoms with Crippen LogP contribution < -0.4 is 0 Å². The number of sulfone groups is 1. The van der Waals surface area contributed by atoms with Crippen LogP contribution in [0.5, 0.6) is 0 Å². The van der Waals surface area contributed by atoms with Gasteiger partial charge in [-0.25, -0.2) is 8.42 Å². The topological polar surface area (TPSA) is 89.5 Å². The Bertz CT molecular complexity index is 1580. The lowest BCUT2D eigenvalue weighted by Gasteiger charge is -2.42. The van der Waals surface area contributed by atoms with Gasteiger partial charge in [0, 0.05) is 24.1 Å². The molecule has 332 valence electrons. The maximum Gasteiger partial charge on any atom is 0.192 e. The minimum absolute atomic E-state index is 0.0124. The molecule has 58 heavy (non-hydrogen) atoms. The quantitative estimate of drug-likeness (QED) is 0.0646. The third-order valence-corrected chi connectivity index (χ3v) is 24.9. The van der Waals surface area contributed by atoms with Gasteiger partial charge in [-0.1, -0.05) is 78.0 Å². The number of allylic oxidation sites excluding steroid dienone is 1. The van der Waals surface area contributed by atoms with Crippen molar-refractivity contribution in [3.05, 3.63) is 54.1 Å². The molecule has 7 atom stereocenters. The summed E-state index contributed by atoms with van der Waals surface area (Å²) >= 11 is 6.88. The maximum absolute atomic E-state index is 13.8. The highest BCUT2D eigenvalue weighted by molar-refractivity contribution is 7.91. The Morgan fingerprint density at radius 3 is 2.14 bits per heavy atom. The number of ether oxygens (including phenoxy) is 4. The fraction of sp³-hybridized carbons (Fsp3) is 0.783. The van der Waals surface area contributed by atoms with Crippen LogP contribution >= 0.6 is 11.6 Å². The van der Waals surface area contributed by atoms with Crippen LogP contribution in [0.1, 0.15) is 118 Å². The lowest BCUT2D eigenvalue weighted by Crippen LogP contribution is -2.48. The number of hydrogen-bond donors (Lipinski definition) is 0. The second-order valence-electron chi connectivity index (χ2n) is 20.6. The van der Waals surface area contributed by atoms with Crippen molar-refractivity contribution in [3.8, 4) is 0 Å². The smallest absolute Gasteiger partial charge is 0.192 e. The van der Waals surface area contributed by atoms with Gasteiger partial charge in [-0.05, 0) is 119 Å².